The molecule has 0 unspecified atom stereocenters. The molecule has 0 aliphatic heterocycles. The van der Waals surface area contributed by atoms with Gasteiger partial charge in [0.15, 0.2) is 0 Å². The molecule has 2 heteroatoms. The van der Waals surface area contributed by atoms with E-state index in [4.69, 9.17) is 0 Å². The summed E-state index contributed by atoms with van der Waals surface area (Å²) in [4.78, 5) is 0. The van der Waals surface area contributed by atoms with Gasteiger partial charge >= 0.3 is 0 Å². The van der Waals surface area contributed by atoms with Crippen molar-refractivity contribution in [3.63, 3.8) is 0 Å². The van der Waals surface area contributed by atoms with Gasteiger partial charge in [-0.1, -0.05) is 156 Å². The molecule has 1 aromatic rings. The Hall–Kier alpha value is -0.790. The molecular formula is C35H69N2+. The number of unbranched alkanes of at least 4 members (excludes halogenated alkanes) is 23. The minimum Gasteiger partial charge on any atom is -0.234 e. The number of imidazole rings is 1. The van der Waals surface area contributed by atoms with Crippen molar-refractivity contribution in [3.05, 3.63) is 18.2 Å². The maximum Gasteiger partial charge on any atom is 0.256 e. The van der Waals surface area contributed by atoms with Gasteiger partial charge in [-0.15, -0.1) is 0 Å². The quantitative estimate of drug-likeness (QED) is 0.0737. The fourth-order valence-corrected chi connectivity index (χ4v) is 5.80. The van der Waals surface area contributed by atoms with Crippen molar-refractivity contribution in [2.45, 2.75) is 207 Å². The number of nitrogens with zero attached hydrogens (tertiary/aromatic N) is 2. The molecule has 218 valence electrons. The van der Waals surface area contributed by atoms with Crippen LogP contribution in [0.4, 0.5) is 0 Å². The van der Waals surface area contributed by atoms with E-state index in [1.54, 1.807) is 5.82 Å². The molecule has 0 fully saturated rings. The molecule has 0 aliphatic carbocycles. The third-order valence-corrected chi connectivity index (χ3v) is 8.35. The molecule has 0 atom stereocenters. The van der Waals surface area contributed by atoms with Crippen molar-refractivity contribution in [2.75, 3.05) is 0 Å². The van der Waals surface area contributed by atoms with Crippen molar-refractivity contribution in [2.24, 2.45) is 0 Å². The zero-order valence-electron chi connectivity index (χ0n) is 26.1. The first-order chi connectivity index (χ1) is 18.3. The lowest BCUT2D eigenvalue weighted by molar-refractivity contribution is -0.704. The van der Waals surface area contributed by atoms with Crippen LogP contribution in [-0.2, 0) is 19.5 Å². The Labute approximate surface area is 234 Å². The summed E-state index contributed by atoms with van der Waals surface area (Å²) in [6.45, 7) is 9.39. The average Bonchev–Trinajstić information content (AvgIpc) is 3.29. The van der Waals surface area contributed by atoms with Gasteiger partial charge in [0.05, 0.1) is 13.1 Å². The van der Waals surface area contributed by atoms with E-state index in [1.165, 1.54) is 186 Å². The number of hydrogen-bond acceptors (Lipinski definition) is 0. The maximum atomic E-state index is 2.61. The van der Waals surface area contributed by atoms with Gasteiger partial charge in [0, 0.05) is 6.42 Å². The van der Waals surface area contributed by atoms with Gasteiger partial charge in [-0.25, -0.2) is 9.13 Å². The van der Waals surface area contributed by atoms with Crippen LogP contribution < -0.4 is 4.57 Å². The van der Waals surface area contributed by atoms with Crippen LogP contribution in [0, 0.1) is 0 Å². The molecule has 0 saturated carbocycles. The third kappa shape index (κ3) is 19.9. The highest BCUT2D eigenvalue weighted by Gasteiger charge is 2.16. The van der Waals surface area contributed by atoms with Crippen LogP contribution >= 0.6 is 0 Å². The van der Waals surface area contributed by atoms with Gasteiger partial charge in [-0.2, -0.15) is 0 Å². The van der Waals surface area contributed by atoms with Crippen molar-refractivity contribution >= 4 is 0 Å². The van der Waals surface area contributed by atoms with E-state index in [-0.39, 0.29) is 0 Å². The highest BCUT2D eigenvalue weighted by Crippen LogP contribution is 2.14. The third-order valence-electron chi connectivity index (χ3n) is 8.35. The molecule has 0 radical (unpaired) electrons. The summed E-state index contributed by atoms with van der Waals surface area (Å²) in [6.07, 6.45) is 43.0. The van der Waals surface area contributed by atoms with Crippen LogP contribution in [-0.4, -0.2) is 4.57 Å². The Morgan fingerprint density at radius 2 is 0.838 bits per heavy atom. The van der Waals surface area contributed by atoms with E-state index in [1.807, 2.05) is 0 Å². The van der Waals surface area contributed by atoms with E-state index in [0.29, 0.717) is 0 Å². The second kappa shape index (κ2) is 26.8. The molecule has 0 spiro atoms. The molecule has 0 aromatic carbocycles. The van der Waals surface area contributed by atoms with Crippen molar-refractivity contribution in [1.29, 1.82) is 0 Å². The van der Waals surface area contributed by atoms with Crippen LogP contribution in [0.25, 0.3) is 0 Å². The number of aryl methyl sites for hydroxylation is 2. The number of hydrogen-bond donors (Lipinski definition) is 0. The summed E-state index contributed by atoms with van der Waals surface area (Å²) in [6, 6.07) is 0. The van der Waals surface area contributed by atoms with Crippen LogP contribution in [0.1, 0.15) is 194 Å². The summed E-state index contributed by atoms with van der Waals surface area (Å²) < 4.78 is 5.22. The van der Waals surface area contributed by atoms with Crippen LogP contribution in [0.15, 0.2) is 12.4 Å². The Bertz CT molecular complexity index is 576. The summed E-state index contributed by atoms with van der Waals surface area (Å²) in [7, 11) is 0. The largest absolute Gasteiger partial charge is 0.256 e. The summed E-state index contributed by atoms with van der Waals surface area (Å²) in [5.74, 6) is 1.61. The van der Waals surface area contributed by atoms with Gasteiger partial charge in [-0.3, -0.25) is 0 Å². The Morgan fingerprint density at radius 1 is 0.459 bits per heavy atom. The highest BCUT2D eigenvalue weighted by atomic mass is 15.1. The Balaban J connectivity index is 2.23. The predicted octanol–water partition coefficient (Wildman–Crippen LogP) is 11.5. The van der Waals surface area contributed by atoms with E-state index in [9.17, 15) is 0 Å². The summed E-state index contributed by atoms with van der Waals surface area (Å²) in [5.41, 5.74) is 0. The van der Waals surface area contributed by atoms with E-state index >= 15 is 0 Å². The van der Waals surface area contributed by atoms with E-state index < -0.39 is 0 Å². The lowest BCUT2D eigenvalue weighted by Crippen LogP contribution is -2.37. The lowest BCUT2D eigenvalue weighted by atomic mass is 10.1. The first-order valence-electron chi connectivity index (χ1n) is 17.4. The topological polar surface area (TPSA) is 8.81 Å². The van der Waals surface area contributed by atoms with Crippen LogP contribution in [0.3, 0.4) is 0 Å². The molecule has 1 rings (SSSR count). The Kier molecular flexibility index (Phi) is 24.8. The van der Waals surface area contributed by atoms with E-state index in [0.717, 1.165) is 0 Å². The molecule has 0 bridgehead atoms. The minimum absolute atomic E-state index is 1.23. The van der Waals surface area contributed by atoms with Gasteiger partial charge < -0.3 is 0 Å². The van der Waals surface area contributed by atoms with Crippen LogP contribution in [0.5, 0.6) is 0 Å². The molecule has 0 aliphatic rings. The Morgan fingerprint density at radius 3 is 1.30 bits per heavy atom. The number of rotatable bonds is 29. The standard InChI is InChI=1S/C35H69N2/c1-4-7-10-13-15-17-19-20-22-24-26-29-32-37-34-33-36(35(37)30-27-12-9-6-3)31-28-25-23-21-18-16-14-11-8-5-2/h33-34H,4-32H2,1-3H3/q+1. The second-order valence-electron chi connectivity index (χ2n) is 12.0. The van der Waals surface area contributed by atoms with Gasteiger partial charge in [0.2, 0.25) is 0 Å². The van der Waals surface area contributed by atoms with E-state index in [2.05, 4.69) is 42.3 Å². The molecule has 1 aromatic heterocycles. The summed E-state index contributed by atoms with van der Waals surface area (Å²) in [5, 5.41) is 0. The maximum absolute atomic E-state index is 2.61. The number of aromatic nitrogens is 2. The summed E-state index contributed by atoms with van der Waals surface area (Å²) >= 11 is 0. The normalized spacial score (nSPS) is 11.5. The average molecular weight is 518 g/mol. The highest BCUT2D eigenvalue weighted by molar-refractivity contribution is 4.84. The fourth-order valence-electron chi connectivity index (χ4n) is 5.80. The monoisotopic (exact) mass is 518 g/mol. The molecule has 0 amide bonds. The first kappa shape index (κ1) is 34.2. The van der Waals surface area contributed by atoms with Gasteiger partial charge in [0.25, 0.3) is 5.82 Å². The van der Waals surface area contributed by atoms with Crippen molar-refractivity contribution in [1.82, 2.24) is 4.57 Å². The van der Waals surface area contributed by atoms with Crippen LogP contribution in [0.2, 0.25) is 0 Å². The molecule has 37 heavy (non-hydrogen) atoms. The first-order valence-corrected chi connectivity index (χ1v) is 17.4. The molecule has 2 nitrogen and oxygen atoms in total. The minimum atomic E-state index is 1.23. The zero-order valence-corrected chi connectivity index (χ0v) is 26.1. The van der Waals surface area contributed by atoms with Crippen molar-refractivity contribution in [3.8, 4) is 0 Å². The lowest BCUT2D eigenvalue weighted by Gasteiger charge is -2.07. The second-order valence-corrected chi connectivity index (χ2v) is 12.0. The smallest absolute Gasteiger partial charge is 0.234 e. The predicted molar refractivity (Wildman–Crippen MR) is 165 cm³/mol. The van der Waals surface area contributed by atoms with Gasteiger partial charge in [-0.05, 0) is 32.1 Å². The molecular weight excluding hydrogens is 448 g/mol. The van der Waals surface area contributed by atoms with Crippen molar-refractivity contribution < 1.29 is 4.57 Å². The van der Waals surface area contributed by atoms with Gasteiger partial charge in [0.1, 0.15) is 12.4 Å². The molecule has 0 N–H and O–H groups in total. The zero-order chi connectivity index (χ0) is 26.7. The molecule has 0 saturated heterocycles. The molecule has 1 heterocycles. The SMILES string of the molecule is CCCCCCCCCCCCCC[n+]1ccn(CCCCCCCCCCCC)c1CCCCCC. The fraction of sp³-hybridized carbons (Fsp3) is 0.914.